The normalized spacial score (nSPS) is 15.4. The summed E-state index contributed by atoms with van der Waals surface area (Å²) in [5.74, 6) is 0.468. The van der Waals surface area contributed by atoms with Crippen molar-refractivity contribution in [3.05, 3.63) is 11.1 Å². The van der Waals surface area contributed by atoms with Gasteiger partial charge in [0.25, 0.3) is 0 Å². The molecule has 0 aromatic carbocycles. The minimum atomic E-state index is 0.173. The Hall–Kier alpha value is 0.280. The monoisotopic (exact) mass is 182 g/mol. The number of halogens is 2. The van der Waals surface area contributed by atoms with Crippen molar-refractivity contribution in [2.75, 3.05) is 13.0 Å². The van der Waals surface area contributed by atoms with E-state index in [4.69, 9.17) is 27.9 Å². The largest absolute Gasteiger partial charge is 0.381 e. The van der Waals surface area contributed by atoms with Crippen LogP contribution >= 0.6 is 23.2 Å². The fraction of sp³-hybridized carbons (Fsp3) is 0.714. The van der Waals surface area contributed by atoms with Crippen LogP contribution in [0.2, 0.25) is 0 Å². The molecule has 0 aliphatic carbocycles. The van der Waals surface area contributed by atoms with E-state index in [0.717, 1.165) is 11.5 Å². The standard InChI is InChI=1S/C7H12Cl2O/c1-6(10-2)5-7(9)3-4-8/h3,6H,4-5H2,1-2H3/b7-3-. The van der Waals surface area contributed by atoms with E-state index >= 15 is 0 Å². The number of alkyl halides is 1. The van der Waals surface area contributed by atoms with Gasteiger partial charge in [0, 0.05) is 24.4 Å². The summed E-state index contributed by atoms with van der Waals surface area (Å²) < 4.78 is 5.00. The van der Waals surface area contributed by atoms with Gasteiger partial charge in [-0.25, -0.2) is 0 Å². The van der Waals surface area contributed by atoms with Gasteiger partial charge in [-0.2, -0.15) is 0 Å². The number of hydrogen-bond acceptors (Lipinski definition) is 1. The average molecular weight is 183 g/mol. The van der Waals surface area contributed by atoms with Gasteiger partial charge in [-0.1, -0.05) is 17.7 Å². The number of hydrogen-bond donors (Lipinski definition) is 0. The van der Waals surface area contributed by atoms with Crippen molar-refractivity contribution in [3.8, 4) is 0 Å². The van der Waals surface area contributed by atoms with Crippen molar-refractivity contribution >= 4 is 23.2 Å². The van der Waals surface area contributed by atoms with Gasteiger partial charge in [-0.05, 0) is 6.92 Å². The van der Waals surface area contributed by atoms with E-state index in [2.05, 4.69) is 0 Å². The molecule has 1 atom stereocenters. The van der Waals surface area contributed by atoms with Crippen LogP contribution in [0.25, 0.3) is 0 Å². The zero-order valence-electron chi connectivity index (χ0n) is 6.23. The zero-order valence-corrected chi connectivity index (χ0v) is 7.74. The van der Waals surface area contributed by atoms with Crippen LogP contribution in [0.15, 0.2) is 11.1 Å². The Kier molecular flexibility index (Phi) is 6.19. The highest BCUT2D eigenvalue weighted by Crippen LogP contribution is 2.11. The summed E-state index contributed by atoms with van der Waals surface area (Å²) in [6, 6.07) is 0. The maximum absolute atomic E-state index is 5.75. The number of allylic oxidation sites excluding steroid dienone is 1. The second kappa shape index (κ2) is 6.02. The molecule has 0 amide bonds. The van der Waals surface area contributed by atoms with E-state index in [9.17, 15) is 0 Å². The smallest absolute Gasteiger partial charge is 0.0592 e. The van der Waals surface area contributed by atoms with Crippen molar-refractivity contribution in [3.63, 3.8) is 0 Å². The van der Waals surface area contributed by atoms with Gasteiger partial charge in [-0.3, -0.25) is 0 Å². The Morgan fingerprint density at radius 3 is 2.70 bits per heavy atom. The van der Waals surface area contributed by atoms with E-state index in [0.29, 0.717) is 5.88 Å². The molecule has 0 aliphatic heterocycles. The van der Waals surface area contributed by atoms with Crippen LogP contribution in [0.4, 0.5) is 0 Å². The molecule has 0 aromatic heterocycles. The molecule has 0 radical (unpaired) electrons. The van der Waals surface area contributed by atoms with E-state index in [1.807, 2.05) is 6.92 Å². The quantitative estimate of drug-likeness (QED) is 0.609. The first-order chi connectivity index (χ1) is 4.70. The van der Waals surface area contributed by atoms with Gasteiger partial charge in [0.15, 0.2) is 0 Å². The first-order valence-electron chi connectivity index (χ1n) is 3.14. The lowest BCUT2D eigenvalue weighted by molar-refractivity contribution is 0.120. The first-order valence-corrected chi connectivity index (χ1v) is 4.05. The average Bonchev–Trinajstić information content (AvgIpc) is 1.88. The van der Waals surface area contributed by atoms with Crippen LogP contribution in [0.1, 0.15) is 13.3 Å². The van der Waals surface area contributed by atoms with Crippen molar-refractivity contribution in [2.45, 2.75) is 19.4 Å². The Morgan fingerprint density at radius 2 is 2.30 bits per heavy atom. The highest BCUT2D eigenvalue weighted by molar-refractivity contribution is 6.30. The third-order valence-electron chi connectivity index (χ3n) is 1.18. The summed E-state index contributed by atoms with van der Waals surface area (Å²) in [6.45, 7) is 1.96. The Bertz CT molecular complexity index is 112. The molecule has 60 valence electrons. The van der Waals surface area contributed by atoms with Crippen LogP contribution in [0.5, 0.6) is 0 Å². The van der Waals surface area contributed by atoms with Crippen LogP contribution in [-0.2, 0) is 4.74 Å². The van der Waals surface area contributed by atoms with Crippen LogP contribution in [0, 0.1) is 0 Å². The fourth-order valence-corrected chi connectivity index (χ4v) is 1.08. The van der Waals surface area contributed by atoms with Gasteiger partial charge in [0.2, 0.25) is 0 Å². The van der Waals surface area contributed by atoms with Crippen LogP contribution < -0.4 is 0 Å². The number of ether oxygens (including phenoxy) is 1. The maximum atomic E-state index is 5.75. The van der Waals surface area contributed by atoms with Gasteiger partial charge in [-0.15, -0.1) is 11.6 Å². The van der Waals surface area contributed by atoms with Crippen LogP contribution in [-0.4, -0.2) is 19.1 Å². The molecule has 0 saturated carbocycles. The molecule has 1 unspecified atom stereocenters. The molecular weight excluding hydrogens is 171 g/mol. The summed E-state index contributed by atoms with van der Waals surface area (Å²) in [5, 5.41) is 0.768. The summed E-state index contributed by atoms with van der Waals surface area (Å²) in [4.78, 5) is 0. The minimum absolute atomic E-state index is 0.173. The second-order valence-electron chi connectivity index (χ2n) is 2.06. The fourth-order valence-electron chi connectivity index (χ4n) is 0.525. The number of rotatable bonds is 4. The topological polar surface area (TPSA) is 9.23 Å². The molecule has 0 saturated heterocycles. The molecule has 0 aliphatic rings. The molecule has 0 N–H and O–H groups in total. The molecule has 0 bridgehead atoms. The lowest BCUT2D eigenvalue weighted by atomic mass is 10.2. The Morgan fingerprint density at radius 1 is 1.70 bits per heavy atom. The van der Waals surface area contributed by atoms with Crippen molar-refractivity contribution in [1.29, 1.82) is 0 Å². The third kappa shape index (κ3) is 5.10. The minimum Gasteiger partial charge on any atom is -0.381 e. The molecular formula is C7H12Cl2O. The molecule has 0 rings (SSSR count). The molecule has 0 spiro atoms. The highest BCUT2D eigenvalue weighted by atomic mass is 35.5. The van der Waals surface area contributed by atoms with Crippen molar-refractivity contribution < 1.29 is 4.74 Å². The molecule has 0 aromatic rings. The molecule has 3 heteroatoms. The molecule has 0 heterocycles. The molecule has 0 fully saturated rings. The first kappa shape index (κ1) is 10.3. The summed E-state index contributed by atoms with van der Waals surface area (Å²) in [6.07, 6.45) is 2.69. The van der Waals surface area contributed by atoms with Crippen molar-refractivity contribution in [1.82, 2.24) is 0 Å². The Labute approximate surface area is 72.0 Å². The summed E-state index contributed by atoms with van der Waals surface area (Å²) >= 11 is 11.2. The van der Waals surface area contributed by atoms with Gasteiger partial charge in [0.1, 0.15) is 0 Å². The summed E-state index contributed by atoms with van der Waals surface area (Å²) in [5.41, 5.74) is 0. The van der Waals surface area contributed by atoms with E-state index in [1.165, 1.54) is 0 Å². The SMILES string of the molecule is COC(C)C/C(Cl)=C/CCl. The second-order valence-corrected chi connectivity index (χ2v) is 2.85. The van der Waals surface area contributed by atoms with Gasteiger partial charge < -0.3 is 4.74 Å². The number of methoxy groups -OCH3 is 1. The summed E-state index contributed by atoms with van der Waals surface area (Å²) in [7, 11) is 1.66. The van der Waals surface area contributed by atoms with Gasteiger partial charge in [0.05, 0.1) is 6.10 Å². The highest BCUT2D eigenvalue weighted by Gasteiger charge is 2.00. The van der Waals surface area contributed by atoms with Crippen molar-refractivity contribution in [2.24, 2.45) is 0 Å². The van der Waals surface area contributed by atoms with Gasteiger partial charge >= 0.3 is 0 Å². The van der Waals surface area contributed by atoms with E-state index in [1.54, 1.807) is 13.2 Å². The lowest BCUT2D eigenvalue weighted by Gasteiger charge is -2.06. The third-order valence-corrected chi connectivity index (χ3v) is 1.65. The Balaban J connectivity index is 3.56. The van der Waals surface area contributed by atoms with E-state index in [-0.39, 0.29) is 6.10 Å². The molecule has 1 nitrogen and oxygen atoms in total. The van der Waals surface area contributed by atoms with E-state index < -0.39 is 0 Å². The maximum Gasteiger partial charge on any atom is 0.0592 e. The molecule has 10 heavy (non-hydrogen) atoms. The predicted octanol–water partition coefficient (Wildman–Crippen LogP) is 2.77. The van der Waals surface area contributed by atoms with Crippen LogP contribution in [0.3, 0.4) is 0 Å². The lowest BCUT2D eigenvalue weighted by Crippen LogP contribution is -2.03. The predicted molar refractivity (Wildman–Crippen MR) is 45.7 cm³/mol. The zero-order chi connectivity index (χ0) is 7.98.